The molecule has 8 heteroatoms. The molecule has 1 aliphatic rings. The van der Waals surface area contributed by atoms with Gasteiger partial charge in [-0.1, -0.05) is 23.2 Å². The molecule has 4 nitrogen and oxygen atoms in total. The van der Waals surface area contributed by atoms with E-state index in [1.165, 1.54) is 22.7 Å². The van der Waals surface area contributed by atoms with Gasteiger partial charge in [0.25, 0.3) is 0 Å². The second-order valence-electron chi connectivity index (χ2n) is 6.69. The van der Waals surface area contributed by atoms with Crippen LogP contribution in [0.1, 0.15) is 29.5 Å². The van der Waals surface area contributed by atoms with Gasteiger partial charge in [-0.3, -0.25) is 9.59 Å². The number of amides is 2. The fraction of sp³-hybridized carbons (Fsp3) is 0.474. The average Bonchev–Trinajstić information content (AvgIpc) is 3.25. The van der Waals surface area contributed by atoms with Crippen molar-refractivity contribution in [3.8, 4) is 0 Å². The molecule has 0 N–H and O–H groups in total. The minimum absolute atomic E-state index is 0.0401. The summed E-state index contributed by atoms with van der Waals surface area (Å²) in [5.74, 6) is 0.291. The lowest BCUT2D eigenvalue weighted by Crippen LogP contribution is -2.55. The van der Waals surface area contributed by atoms with Gasteiger partial charge in [-0.25, -0.2) is 0 Å². The maximum absolute atomic E-state index is 12.6. The van der Waals surface area contributed by atoms with Gasteiger partial charge in [0, 0.05) is 48.3 Å². The number of hydrogen-bond donors (Lipinski definition) is 0. The normalized spacial score (nSPS) is 17.4. The molecule has 3 heterocycles. The first-order chi connectivity index (χ1) is 12.9. The lowest BCUT2D eigenvalue weighted by Gasteiger charge is -2.40. The summed E-state index contributed by atoms with van der Waals surface area (Å²) >= 11 is 14.9. The Morgan fingerprint density at radius 1 is 0.963 bits per heavy atom. The minimum Gasteiger partial charge on any atom is -0.339 e. The molecule has 0 radical (unpaired) electrons. The lowest BCUT2D eigenvalue weighted by atomic mass is 10.1. The van der Waals surface area contributed by atoms with Crippen molar-refractivity contribution in [2.45, 2.75) is 38.6 Å². The molecule has 1 saturated heterocycles. The maximum Gasteiger partial charge on any atom is 0.223 e. The number of carbonyl (C=O) groups excluding carboxylic acids is 2. The summed E-state index contributed by atoms with van der Waals surface area (Å²) in [5, 5.41) is 0. The van der Waals surface area contributed by atoms with Crippen LogP contribution in [0.5, 0.6) is 0 Å². The van der Waals surface area contributed by atoms with Gasteiger partial charge in [0.2, 0.25) is 11.8 Å². The quantitative estimate of drug-likeness (QED) is 0.645. The largest absolute Gasteiger partial charge is 0.339 e. The molecule has 0 saturated carbocycles. The molecular formula is C19H22Cl2N2O2S2. The van der Waals surface area contributed by atoms with Crippen molar-refractivity contribution in [3.05, 3.63) is 42.7 Å². The van der Waals surface area contributed by atoms with Crippen LogP contribution in [0, 0.1) is 0 Å². The molecule has 3 rings (SSSR count). The van der Waals surface area contributed by atoms with E-state index in [-0.39, 0.29) is 17.9 Å². The molecule has 2 aromatic heterocycles. The number of nitrogens with zero attached hydrogens (tertiary/aromatic N) is 2. The van der Waals surface area contributed by atoms with E-state index in [9.17, 15) is 9.59 Å². The van der Waals surface area contributed by atoms with E-state index in [0.29, 0.717) is 45.3 Å². The number of piperazine rings is 1. The van der Waals surface area contributed by atoms with Gasteiger partial charge < -0.3 is 9.80 Å². The van der Waals surface area contributed by atoms with Crippen LogP contribution in [-0.2, 0) is 22.4 Å². The predicted molar refractivity (Wildman–Crippen MR) is 113 cm³/mol. The lowest BCUT2D eigenvalue weighted by molar-refractivity contribution is -0.142. The van der Waals surface area contributed by atoms with E-state index in [0.717, 1.165) is 18.4 Å². The van der Waals surface area contributed by atoms with E-state index in [1.807, 2.05) is 41.0 Å². The fourth-order valence-corrected chi connectivity index (χ4v) is 5.46. The third-order valence-corrected chi connectivity index (χ3v) is 7.31. The molecule has 1 fully saturated rings. The summed E-state index contributed by atoms with van der Waals surface area (Å²) in [6.45, 7) is 3.81. The zero-order chi connectivity index (χ0) is 19.4. The molecule has 1 atom stereocenters. The van der Waals surface area contributed by atoms with Crippen molar-refractivity contribution in [3.63, 3.8) is 0 Å². The number of aryl methyl sites for hydroxylation is 2. The van der Waals surface area contributed by atoms with E-state index in [4.69, 9.17) is 23.2 Å². The molecular weight excluding hydrogens is 423 g/mol. The molecule has 0 bridgehead atoms. The number of rotatable bonds is 6. The average molecular weight is 445 g/mol. The van der Waals surface area contributed by atoms with E-state index < -0.39 is 0 Å². The molecule has 2 aromatic rings. The molecule has 0 spiro atoms. The second kappa shape index (κ2) is 9.41. The van der Waals surface area contributed by atoms with Crippen LogP contribution in [0.4, 0.5) is 0 Å². The first-order valence-corrected chi connectivity index (χ1v) is 11.4. The minimum atomic E-state index is 0.0401. The maximum atomic E-state index is 12.6. The Bertz CT molecular complexity index is 805. The Morgan fingerprint density at radius 2 is 1.52 bits per heavy atom. The monoisotopic (exact) mass is 444 g/mol. The van der Waals surface area contributed by atoms with Crippen LogP contribution in [0.15, 0.2) is 24.3 Å². The first kappa shape index (κ1) is 20.6. The standard InChI is InChI=1S/C19H22Cl2N2O2S2/c1-13-12-22(18(24)8-4-14-2-6-16(20)26-14)10-11-23(13)19(25)9-5-15-3-7-17(21)27-15/h2-3,6-7,13H,4-5,8-12H2,1H3/t13-/m0/s1. The van der Waals surface area contributed by atoms with Crippen LogP contribution in [0.3, 0.4) is 0 Å². The number of thiophene rings is 2. The highest BCUT2D eigenvalue weighted by Gasteiger charge is 2.29. The number of halogens is 2. The van der Waals surface area contributed by atoms with Crippen molar-refractivity contribution in [2.24, 2.45) is 0 Å². The summed E-state index contributed by atoms with van der Waals surface area (Å²) in [7, 11) is 0. The van der Waals surface area contributed by atoms with Crippen LogP contribution in [-0.4, -0.2) is 47.3 Å². The number of carbonyl (C=O) groups is 2. The predicted octanol–water partition coefficient (Wildman–Crippen LogP) is 4.74. The Kier molecular flexibility index (Phi) is 7.20. The molecule has 27 heavy (non-hydrogen) atoms. The Hall–Kier alpha value is -1.08. The van der Waals surface area contributed by atoms with Gasteiger partial charge in [-0.15, -0.1) is 22.7 Å². The van der Waals surface area contributed by atoms with Crippen molar-refractivity contribution in [2.75, 3.05) is 19.6 Å². The Balaban J connectivity index is 1.44. The van der Waals surface area contributed by atoms with Gasteiger partial charge >= 0.3 is 0 Å². The molecule has 146 valence electrons. The molecule has 0 aliphatic carbocycles. The topological polar surface area (TPSA) is 40.6 Å². The van der Waals surface area contributed by atoms with Crippen LogP contribution in [0.2, 0.25) is 8.67 Å². The zero-order valence-corrected chi connectivity index (χ0v) is 18.3. The van der Waals surface area contributed by atoms with E-state index in [2.05, 4.69) is 0 Å². The van der Waals surface area contributed by atoms with Crippen molar-refractivity contribution < 1.29 is 9.59 Å². The summed E-state index contributed by atoms with van der Waals surface area (Å²) in [4.78, 5) is 31.1. The highest BCUT2D eigenvalue weighted by Crippen LogP contribution is 2.24. The SMILES string of the molecule is C[C@H]1CN(C(=O)CCc2ccc(Cl)s2)CCN1C(=O)CCc1ccc(Cl)s1. The smallest absolute Gasteiger partial charge is 0.223 e. The highest BCUT2D eigenvalue weighted by atomic mass is 35.5. The van der Waals surface area contributed by atoms with Crippen LogP contribution < -0.4 is 0 Å². The molecule has 0 unspecified atom stereocenters. The van der Waals surface area contributed by atoms with Crippen LogP contribution in [0.25, 0.3) is 0 Å². The zero-order valence-electron chi connectivity index (χ0n) is 15.1. The van der Waals surface area contributed by atoms with Gasteiger partial charge in [0.15, 0.2) is 0 Å². The van der Waals surface area contributed by atoms with Gasteiger partial charge in [-0.2, -0.15) is 0 Å². The third kappa shape index (κ3) is 5.70. The molecule has 1 aliphatic heterocycles. The molecule has 2 amide bonds. The van der Waals surface area contributed by atoms with Gasteiger partial charge in [-0.05, 0) is 44.0 Å². The summed E-state index contributed by atoms with van der Waals surface area (Å²) in [6.07, 6.45) is 2.39. The second-order valence-corrected chi connectivity index (χ2v) is 10.3. The summed E-state index contributed by atoms with van der Waals surface area (Å²) in [6, 6.07) is 7.71. The summed E-state index contributed by atoms with van der Waals surface area (Å²) in [5.41, 5.74) is 0. The van der Waals surface area contributed by atoms with Gasteiger partial charge in [0.05, 0.1) is 8.67 Å². The van der Waals surface area contributed by atoms with Crippen molar-refractivity contribution >= 4 is 57.7 Å². The Morgan fingerprint density at radius 3 is 2.00 bits per heavy atom. The van der Waals surface area contributed by atoms with Gasteiger partial charge in [0.1, 0.15) is 0 Å². The highest BCUT2D eigenvalue weighted by molar-refractivity contribution is 7.16. The molecule has 0 aromatic carbocycles. The Labute approximate surface area is 177 Å². The summed E-state index contributed by atoms with van der Waals surface area (Å²) < 4.78 is 1.51. The van der Waals surface area contributed by atoms with Crippen molar-refractivity contribution in [1.29, 1.82) is 0 Å². The fourth-order valence-electron chi connectivity index (χ4n) is 3.29. The van der Waals surface area contributed by atoms with E-state index in [1.54, 1.807) is 0 Å². The van der Waals surface area contributed by atoms with Crippen LogP contribution >= 0.6 is 45.9 Å². The van der Waals surface area contributed by atoms with E-state index >= 15 is 0 Å². The number of hydrogen-bond acceptors (Lipinski definition) is 4. The third-order valence-electron chi connectivity index (χ3n) is 4.73. The van der Waals surface area contributed by atoms with Crippen molar-refractivity contribution in [1.82, 2.24) is 9.80 Å². The first-order valence-electron chi connectivity index (χ1n) is 8.98.